The number of anilines is 1. The number of amides is 2. The number of thioether (sulfide) groups is 1. The molecule has 2 aliphatic rings. The average Bonchev–Trinajstić information content (AvgIpc) is 3.46. The minimum absolute atomic E-state index is 0.0583. The van der Waals surface area contributed by atoms with Gasteiger partial charge in [-0.3, -0.25) is 9.59 Å². The van der Waals surface area contributed by atoms with Crippen LogP contribution in [0.1, 0.15) is 41.1 Å². The van der Waals surface area contributed by atoms with Gasteiger partial charge in [0.05, 0.1) is 11.8 Å². The maximum absolute atomic E-state index is 12.7. The first-order valence-electron chi connectivity index (χ1n) is 11.6. The summed E-state index contributed by atoms with van der Waals surface area (Å²) in [4.78, 5) is 29.7. The van der Waals surface area contributed by atoms with Crippen LogP contribution in [0.25, 0.3) is 0 Å². The lowest BCUT2D eigenvalue weighted by Gasteiger charge is -2.23. The number of carbonyl (C=O) groups excluding carboxylic acids is 2. The number of nitrogens with zero attached hydrogens (tertiary/aromatic N) is 3. The van der Waals surface area contributed by atoms with Crippen molar-refractivity contribution in [1.82, 2.24) is 5.01 Å². The van der Waals surface area contributed by atoms with E-state index in [1.54, 1.807) is 0 Å². The summed E-state index contributed by atoms with van der Waals surface area (Å²) in [6, 6.07) is 26.0. The molecule has 0 spiro atoms. The second-order valence-electron chi connectivity index (χ2n) is 8.85. The number of carbonyl (C=O) groups is 2. The van der Waals surface area contributed by atoms with Crippen LogP contribution >= 0.6 is 11.8 Å². The van der Waals surface area contributed by atoms with Crippen LogP contribution in [0.3, 0.4) is 0 Å². The number of aliphatic imine (C=N–C) groups is 1. The van der Waals surface area contributed by atoms with Gasteiger partial charge in [0.1, 0.15) is 5.25 Å². The van der Waals surface area contributed by atoms with Crippen LogP contribution in [0.4, 0.5) is 5.69 Å². The first-order valence-corrected chi connectivity index (χ1v) is 12.5. The lowest BCUT2D eigenvalue weighted by atomic mass is 9.98. The molecular weight excluding hydrogens is 456 g/mol. The number of nitrogens with one attached hydrogen (secondary N) is 1. The van der Waals surface area contributed by atoms with Crippen LogP contribution in [0.5, 0.6) is 0 Å². The normalized spacial score (nSPS) is 19.5. The number of hydrogen-bond acceptors (Lipinski definition) is 5. The van der Waals surface area contributed by atoms with E-state index in [0.29, 0.717) is 17.3 Å². The summed E-state index contributed by atoms with van der Waals surface area (Å²) in [5.74, 6) is -0.504. The fourth-order valence-corrected chi connectivity index (χ4v) is 5.23. The molecule has 0 bridgehead atoms. The molecule has 5 rings (SSSR count). The van der Waals surface area contributed by atoms with Crippen LogP contribution in [0.15, 0.2) is 89.0 Å². The lowest BCUT2D eigenvalue weighted by molar-refractivity contribution is -0.121. The van der Waals surface area contributed by atoms with E-state index in [-0.39, 0.29) is 24.3 Å². The van der Waals surface area contributed by atoms with E-state index in [1.807, 2.05) is 54.4 Å². The van der Waals surface area contributed by atoms with Crippen molar-refractivity contribution in [3.05, 3.63) is 101 Å². The second kappa shape index (κ2) is 9.88. The maximum Gasteiger partial charge on any atom is 0.262 e. The minimum atomic E-state index is -0.564. The van der Waals surface area contributed by atoms with Gasteiger partial charge in [0.15, 0.2) is 5.17 Å². The summed E-state index contributed by atoms with van der Waals surface area (Å²) in [6.45, 7) is 4.05. The van der Waals surface area contributed by atoms with Gasteiger partial charge in [0, 0.05) is 18.5 Å². The monoisotopic (exact) mass is 482 g/mol. The highest BCUT2D eigenvalue weighted by molar-refractivity contribution is 8.15. The van der Waals surface area contributed by atoms with E-state index in [9.17, 15) is 9.59 Å². The van der Waals surface area contributed by atoms with Crippen LogP contribution in [-0.2, 0) is 9.59 Å². The first kappa shape index (κ1) is 23.1. The Morgan fingerprint density at radius 2 is 1.63 bits per heavy atom. The fraction of sp³-hybridized carbons (Fsp3) is 0.214. The Bertz CT molecular complexity index is 1300. The molecule has 7 heteroatoms. The van der Waals surface area contributed by atoms with Crippen molar-refractivity contribution in [1.29, 1.82) is 0 Å². The Kier molecular flexibility index (Phi) is 6.51. The molecule has 0 radical (unpaired) electrons. The van der Waals surface area contributed by atoms with Crippen molar-refractivity contribution in [2.24, 2.45) is 10.1 Å². The van der Waals surface area contributed by atoms with Crippen LogP contribution in [0, 0.1) is 13.8 Å². The highest BCUT2D eigenvalue weighted by Gasteiger charge is 2.39. The first-order chi connectivity index (χ1) is 17.0. The Morgan fingerprint density at radius 1 is 0.971 bits per heavy atom. The van der Waals surface area contributed by atoms with Gasteiger partial charge < -0.3 is 5.32 Å². The quantitative estimate of drug-likeness (QED) is 0.523. The standard InChI is InChI=1S/C28H26N4O2S/c1-18-8-12-20(13-9-18)23-16-24(21-6-4-3-5-7-21)32(31-23)28-30-27(34)25(35-28)17-26(33)29-22-14-10-19(2)11-15-22/h3-15,24-25H,16-17H2,1-2H3,(H,29,33)/t24-,25-/m1/s1. The molecule has 0 saturated heterocycles. The number of rotatable bonds is 5. The highest BCUT2D eigenvalue weighted by Crippen LogP contribution is 2.38. The van der Waals surface area contributed by atoms with E-state index >= 15 is 0 Å². The van der Waals surface area contributed by atoms with Crippen LogP contribution in [-0.4, -0.2) is 33.0 Å². The molecule has 0 unspecified atom stereocenters. The van der Waals surface area contributed by atoms with E-state index in [2.05, 4.69) is 53.6 Å². The second-order valence-corrected chi connectivity index (χ2v) is 10.0. The molecule has 3 aromatic rings. The largest absolute Gasteiger partial charge is 0.326 e. The summed E-state index contributed by atoms with van der Waals surface area (Å²) in [7, 11) is 0. The number of hydrogen-bond donors (Lipinski definition) is 1. The number of amidine groups is 1. The summed E-state index contributed by atoms with van der Waals surface area (Å²) >= 11 is 1.31. The van der Waals surface area contributed by atoms with Gasteiger partial charge in [-0.1, -0.05) is 89.6 Å². The zero-order valence-corrected chi connectivity index (χ0v) is 20.5. The Balaban J connectivity index is 1.33. The van der Waals surface area contributed by atoms with Gasteiger partial charge in [0.25, 0.3) is 5.91 Å². The van der Waals surface area contributed by atoms with Gasteiger partial charge in [-0.15, -0.1) is 0 Å². The van der Waals surface area contributed by atoms with Crippen molar-refractivity contribution in [3.8, 4) is 0 Å². The summed E-state index contributed by atoms with van der Waals surface area (Å²) in [5.41, 5.74) is 6.14. The van der Waals surface area contributed by atoms with E-state index < -0.39 is 5.25 Å². The predicted octanol–water partition coefficient (Wildman–Crippen LogP) is 5.48. The van der Waals surface area contributed by atoms with Gasteiger partial charge in [-0.05, 0) is 37.1 Å². The topological polar surface area (TPSA) is 74.1 Å². The number of benzene rings is 3. The van der Waals surface area contributed by atoms with E-state index in [4.69, 9.17) is 5.10 Å². The maximum atomic E-state index is 12.7. The molecule has 0 saturated carbocycles. The van der Waals surface area contributed by atoms with Crippen molar-refractivity contribution < 1.29 is 9.59 Å². The third-order valence-electron chi connectivity index (χ3n) is 6.11. The molecule has 176 valence electrons. The summed E-state index contributed by atoms with van der Waals surface area (Å²) < 4.78 is 0. The van der Waals surface area contributed by atoms with Crippen molar-refractivity contribution in [3.63, 3.8) is 0 Å². The van der Waals surface area contributed by atoms with Crippen molar-refractivity contribution in [2.45, 2.75) is 38.0 Å². The molecule has 2 aliphatic heterocycles. The molecule has 0 aliphatic carbocycles. The van der Waals surface area contributed by atoms with Crippen LogP contribution in [0.2, 0.25) is 0 Å². The average molecular weight is 483 g/mol. The third kappa shape index (κ3) is 5.20. The van der Waals surface area contributed by atoms with Gasteiger partial charge in [-0.25, -0.2) is 5.01 Å². The smallest absolute Gasteiger partial charge is 0.262 e. The highest BCUT2D eigenvalue weighted by atomic mass is 32.2. The summed E-state index contributed by atoms with van der Waals surface area (Å²) in [5, 5.41) is 9.60. The van der Waals surface area contributed by atoms with Crippen molar-refractivity contribution >= 4 is 40.1 Å². The molecule has 6 nitrogen and oxygen atoms in total. The molecule has 0 aromatic heterocycles. The lowest BCUT2D eigenvalue weighted by Crippen LogP contribution is -2.25. The Hall–Kier alpha value is -3.71. The molecule has 2 amide bonds. The molecule has 2 atom stereocenters. The van der Waals surface area contributed by atoms with E-state index in [1.165, 1.54) is 17.3 Å². The molecule has 2 heterocycles. The van der Waals surface area contributed by atoms with Crippen molar-refractivity contribution in [2.75, 3.05) is 5.32 Å². The zero-order chi connectivity index (χ0) is 24.4. The molecular formula is C28H26N4O2S. The molecule has 0 fully saturated rings. The predicted molar refractivity (Wildman–Crippen MR) is 142 cm³/mol. The minimum Gasteiger partial charge on any atom is -0.326 e. The number of hydrazone groups is 1. The molecule has 35 heavy (non-hydrogen) atoms. The Morgan fingerprint density at radius 3 is 2.31 bits per heavy atom. The zero-order valence-electron chi connectivity index (χ0n) is 19.6. The van der Waals surface area contributed by atoms with Gasteiger partial charge in [0.2, 0.25) is 5.91 Å². The van der Waals surface area contributed by atoms with Crippen LogP contribution < -0.4 is 5.32 Å². The van der Waals surface area contributed by atoms with E-state index in [0.717, 1.165) is 22.4 Å². The molecule has 3 aromatic carbocycles. The van der Waals surface area contributed by atoms with Gasteiger partial charge >= 0.3 is 0 Å². The van der Waals surface area contributed by atoms with Gasteiger partial charge in [-0.2, -0.15) is 10.1 Å². The molecule has 1 N–H and O–H groups in total. The SMILES string of the molecule is Cc1ccc(NC(=O)C[C@H]2SC(N3N=C(c4ccc(C)cc4)C[C@@H]3c3ccccc3)=NC2=O)cc1. The Labute approximate surface area is 209 Å². The third-order valence-corrected chi connectivity index (χ3v) is 7.25. The number of aryl methyl sites for hydroxylation is 2. The fourth-order valence-electron chi connectivity index (χ4n) is 4.16. The summed E-state index contributed by atoms with van der Waals surface area (Å²) in [6.07, 6.45) is 0.766.